The first-order chi connectivity index (χ1) is 15.0. The van der Waals surface area contributed by atoms with Crippen molar-refractivity contribution in [3.63, 3.8) is 0 Å². The Morgan fingerprint density at radius 3 is 2.12 bits per heavy atom. The Bertz CT molecular complexity index is 702. The van der Waals surface area contributed by atoms with Crippen LogP contribution in [-0.4, -0.2) is 73.9 Å². The van der Waals surface area contributed by atoms with Gasteiger partial charge in [0, 0.05) is 39.8 Å². The molecule has 2 amide bonds. The van der Waals surface area contributed by atoms with Gasteiger partial charge in [-0.1, -0.05) is 26.0 Å². The van der Waals surface area contributed by atoms with Crippen LogP contribution in [0.2, 0.25) is 0 Å². The number of likely N-dealkylation sites (tertiary alicyclic amines) is 2. The molecule has 32 heavy (non-hydrogen) atoms. The third-order valence-corrected chi connectivity index (χ3v) is 7.55. The molecule has 6 atom stereocenters. The monoisotopic (exact) mass is 557 g/mol. The molecule has 8 heteroatoms. The minimum Gasteiger partial charge on any atom is -0.356 e. The highest BCUT2D eigenvalue weighted by atomic mass is 127. The van der Waals surface area contributed by atoms with Crippen LogP contribution in [0.3, 0.4) is 0 Å². The molecule has 2 bridgehead atoms. The average molecular weight is 558 g/mol. The lowest BCUT2D eigenvalue weighted by Crippen LogP contribution is -2.44. The molecule has 0 aromatic rings. The van der Waals surface area contributed by atoms with Gasteiger partial charge < -0.3 is 15.5 Å². The Morgan fingerprint density at radius 1 is 0.938 bits per heavy atom. The number of amides is 2. The summed E-state index contributed by atoms with van der Waals surface area (Å²) in [7, 11) is 1.76. The molecule has 2 aliphatic carbocycles. The maximum atomic E-state index is 12.7. The zero-order valence-corrected chi connectivity index (χ0v) is 22.1. The number of carbonyl (C=O) groups excluding carboxylic acids is 2. The Morgan fingerprint density at radius 2 is 1.53 bits per heavy atom. The molecule has 0 aromatic carbocycles. The van der Waals surface area contributed by atoms with Crippen LogP contribution in [0.1, 0.15) is 39.5 Å². The summed E-state index contributed by atoms with van der Waals surface area (Å²) in [6.45, 7) is 10.2. The number of halogens is 1. The summed E-state index contributed by atoms with van der Waals surface area (Å²) in [5.41, 5.74) is 0. The van der Waals surface area contributed by atoms with Crippen LogP contribution in [0.15, 0.2) is 17.1 Å². The summed E-state index contributed by atoms with van der Waals surface area (Å²) in [6, 6.07) is 0. The number of guanidine groups is 1. The lowest BCUT2D eigenvalue weighted by Gasteiger charge is -2.34. The van der Waals surface area contributed by atoms with Crippen molar-refractivity contribution >= 4 is 41.8 Å². The van der Waals surface area contributed by atoms with Crippen LogP contribution in [0.25, 0.3) is 0 Å². The molecule has 180 valence electrons. The first kappa shape index (κ1) is 25.5. The zero-order valence-electron chi connectivity index (χ0n) is 19.8. The molecular weight excluding hydrogens is 517 g/mol. The quantitative estimate of drug-likeness (QED) is 0.120. The van der Waals surface area contributed by atoms with Gasteiger partial charge >= 0.3 is 0 Å². The molecule has 7 nitrogen and oxygen atoms in total. The molecule has 2 aliphatic heterocycles. The molecule has 4 aliphatic rings. The van der Waals surface area contributed by atoms with Crippen LogP contribution >= 0.6 is 24.0 Å². The van der Waals surface area contributed by atoms with Gasteiger partial charge in [-0.25, -0.2) is 0 Å². The molecule has 0 radical (unpaired) electrons. The predicted octanol–water partition coefficient (Wildman–Crippen LogP) is 2.33. The smallest absolute Gasteiger partial charge is 0.233 e. The van der Waals surface area contributed by atoms with E-state index >= 15 is 0 Å². The Balaban J connectivity index is 0.00000289. The van der Waals surface area contributed by atoms with Gasteiger partial charge in [-0.15, -0.1) is 24.0 Å². The second-order valence-corrected chi connectivity index (χ2v) is 10.2. The van der Waals surface area contributed by atoms with E-state index in [2.05, 4.69) is 46.5 Å². The average Bonchev–Trinajstić information content (AvgIpc) is 3.41. The van der Waals surface area contributed by atoms with E-state index < -0.39 is 0 Å². The van der Waals surface area contributed by atoms with E-state index in [0.29, 0.717) is 13.1 Å². The molecule has 1 saturated carbocycles. The van der Waals surface area contributed by atoms with Crippen LogP contribution in [-0.2, 0) is 9.59 Å². The normalized spacial score (nSPS) is 34.1. The Hall–Kier alpha value is -1.16. The van der Waals surface area contributed by atoms with Crippen molar-refractivity contribution in [1.82, 2.24) is 20.4 Å². The molecular formula is C24H40IN5O2. The van der Waals surface area contributed by atoms with E-state index in [4.69, 9.17) is 0 Å². The third-order valence-electron chi connectivity index (χ3n) is 7.55. The first-order valence-corrected chi connectivity index (χ1v) is 12.2. The van der Waals surface area contributed by atoms with Gasteiger partial charge in [0.15, 0.2) is 5.96 Å². The van der Waals surface area contributed by atoms with Crippen molar-refractivity contribution in [2.45, 2.75) is 39.5 Å². The second-order valence-electron chi connectivity index (χ2n) is 10.2. The van der Waals surface area contributed by atoms with E-state index in [0.717, 1.165) is 37.2 Å². The number of piperidine rings is 1. The predicted molar refractivity (Wildman–Crippen MR) is 138 cm³/mol. The summed E-state index contributed by atoms with van der Waals surface area (Å²) in [6.07, 6.45) is 8.88. The molecule has 4 rings (SSSR count). The number of hydrogen-bond donors (Lipinski definition) is 2. The summed E-state index contributed by atoms with van der Waals surface area (Å²) < 4.78 is 0. The number of carbonyl (C=O) groups is 2. The van der Waals surface area contributed by atoms with Crippen LogP contribution in [0.5, 0.6) is 0 Å². The minimum absolute atomic E-state index is 0. The molecule has 2 saturated heterocycles. The van der Waals surface area contributed by atoms with Crippen molar-refractivity contribution < 1.29 is 9.59 Å². The highest BCUT2D eigenvalue weighted by Crippen LogP contribution is 2.52. The highest BCUT2D eigenvalue weighted by Gasteiger charge is 2.58. The molecule has 2 heterocycles. The Labute approximate surface area is 209 Å². The summed E-state index contributed by atoms with van der Waals surface area (Å²) in [5.74, 6) is 2.75. The first-order valence-electron chi connectivity index (χ1n) is 12.2. The number of nitrogens with zero attached hydrogens (tertiary/aromatic N) is 3. The third kappa shape index (κ3) is 5.48. The number of nitrogens with one attached hydrogen (secondary N) is 2. The van der Waals surface area contributed by atoms with E-state index in [1.165, 1.54) is 37.4 Å². The summed E-state index contributed by atoms with van der Waals surface area (Å²) >= 11 is 0. The van der Waals surface area contributed by atoms with Crippen molar-refractivity contribution in [3.05, 3.63) is 12.2 Å². The fourth-order valence-electron chi connectivity index (χ4n) is 6.33. The van der Waals surface area contributed by atoms with Gasteiger partial charge in [0.25, 0.3) is 0 Å². The SMILES string of the molecule is CN=C(NCCCCN1CC(C)CC(C)C1)NCCN1C(=O)C2C3C=CC(C3)C2C1=O.I. The lowest BCUT2D eigenvalue weighted by atomic mass is 9.85. The maximum absolute atomic E-state index is 12.7. The van der Waals surface area contributed by atoms with Gasteiger partial charge in [-0.2, -0.15) is 0 Å². The number of hydrogen-bond acceptors (Lipinski definition) is 4. The molecule has 0 aromatic heterocycles. The van der Waals surface area contributed by atoms with Crippen LogP contribution in [0, 0.1) is 35.5 Å². The number of rotatable bonds is 8. The number of fused-ring (bicyclic) bond motifs is 5. The molecule has 0 spiro atoms. The number of aliphatic imine (C=N–C) groups is 1. The van der Waals surface area contributed by atoms with E-state index in [9.17, 15) is 9.59 Å². The largest absolute Gasteiger partial charge is 0.356 e. The lowest BCUT2D eigenvalue weighted by molar-refractivity contribution is -0.140. The van der Waals surface area contributed by atoms with Crippen molar-refractivity contribution in [2.24, 2.45) is 40.5 Å². The number of unbranched alkanes of at least 4 members (excludes halogenated alkanes) is 1. The number of imide groups is 1. The van der Waals surface area contributed by atoms with E-state index in [-0.39, 0.29) is 59.5 Å². The standard InChI is InChI=1S/C24H39N5O2.HI/c1-16-12-17(2)15-28(14-16)10-5-4-8-26-24(25-3)27-9-11-29-22(30)20-18-6-7-19(13-18)21(20)23(29)31;/h6-7,16-21H,4-5,8-15H2,1-3H3,(H2,25,26,27);1H. The van der Waals surface area contributed by atoms with Crippen molar-refractivity contribution in [3.8, 4) is 0 Å². The zero-order chi connectivity index (χ0) is 22.0. The van der Waals surface area contributed by atoms with Crippen LogP contribution in [0.4, 0.5) is 0 Å². The second kappa shape index (κ2) is 11.3. The topological polar surface area (TPSA) is 77.0 Å². The van der Waals surface area contributed by atoms with Gasteiger partial charge in [0.2, 0.25) is 11.8 Å². The van der Waals surface area contributed by atoms with Crippen molar-refractivity contribution in [1.29, 1.82) is 0 Å². The summed E-state index contributed by atoms with van der Waals surface area (Å²) in [5, 5.41) is 6.62. The number of allylic oxidation sites excluding steroid dienone is 2. The van der Waals surface area contributed by atoms with E-state index in [1.807, 2.05) is 0 Å². The van der Waals surface area contributed by atoms with Crippen LogP contribution < -0.4 is 10.6 Å². The van der Waals surface area contributed by atoms with Crippen molar-refractivity contribution in [2.75, 3.05) is 46.3 Å². The summed E-state index contributed by atoms with van der Waals surface area (Å²) in [4.78, 5) is 33.8. The molecule has 2 N–H and O–H groups in total. The molecule has 3 fully saturated rings. The minimum atomic E-state index is -0.106. The fourth-order valence-corrected chi connectivity index (χ4v) is 6.33. The van der Waals surface area contributed by atoms with Gasteiger partial charge in [-0.3, -0.25) is 19.5 Å². The fraction of sp³-hybridized carbons (Fsp3) is 0.792. The highest BCUT2D eigenvalue weighted by molar-refractivity contribution is 14.0. The van der Waals surface area contributed by atoms with Gasteiger partial charge in [0.05, 0.1) is 11.8 Å². The molecule has 6 unspecified atom stereocenters. The Kier molecular flexibility index (Phi) is 9.00. The van der Waals surface area contributed by atoms with Gasteiger partial charge in [-0.05, 0) is 55.9 Å². The van der Waals surface area contributed by atoms with E-state index in [1.54, 1.807) is 7.05 Å². The maximum Gasteiger partial charge on any atom is 0.233 e. The van der Waals surface area contributed by atoms with Gasteiger partial charge in [0.1, 0.15) is 0 Å².